The van der Waals surface area contributed by atoms with Crippen molar-refractivity contribution in [3.05, 3.63) is 82.3 Å². The average molecular weight is 449 g/mol. The molecule has 1 N–H and O–H groups in total. The van der Waals surface area contributed by atoms with Gasteiger partial charge < -0.3 is 15.0 Å². The molecule has 32 heavy (non-hydrogen) atoms. The Labute approximate surface area is 190 Å². The fourth-order valence-electron chi connectivity index (χ4n) is 3.43. The molecule has 0 aliphatic heterocycles. The average Bonchev–Trinajstić information content (AvgIpc) is 3.08. The van der Waals surface area contributed by atoms with E-state index in [9.17, 15) is 9.59 Å². The van der Waals surface area contributed by atoms with Gasteiger partial charge in [0.15, 0.2) is 5.78 Å². The third-order valence-electron chi connectivity index (χ3n) is 4.98. The van der Waals surface area contributed by atoms with Crippen LogP contribution in [0.1, 0.15) is 32.1 Å². The van der Waals surface area contributed by atoms with Crippen molar-refractivity contribution >= 4 is 29.0 Å². The first-order chi connectivity index (χ1) is 15.4. The molecule has 162 valence electrons. The first-order valence-corrected chi connectivity index (χ1v) is 10.3. The molecule has 3 aromatic rings. The smallest absolute Gasteiger partial charge is 0.224 e. The summed E-state index contributed by atoms with van der Waals surface area (Å²) in [5.41, 5.74) is 2.92. The highest BCUT2D eigenvalue weighted by Crippen LogP contribution is 2.38. The summed E-state index contributed by atoms with van der Waals surface area (Å²) in [7, 11) is 5.18. The second-order valence-corrected chi connectivity index (χ2v) is 7.87. The first-order valence-electron chi connectivity index (χ1n) is 9.90. The van der Waals surface area contributed by atoms with Gasteiger partial charge in [-0.2, -0.15) is 0 Å². The van der Waals surface area contributed by atoms with Crippen LogP contribution in [0.4, 0.5) is 5.82 Å². The van der Waals surface area contributed by atoms with Crippen molar-refractivity contribution in [1.29, 1.82) is 0 Å². The molecule has 0 unspecified atom stereocenters. The first kappa shape index (κ1) is 21.5. The van der Waals surface area contributed by atoms with Gasteiger partial charge >= 0.3 is 0 Å². The minimum Gasteiger partial charge on any atom is -0.495 e. The summed E-state index contributed by atoms with van der Waals surface area (Å²) in [4.78, 5) is 36.4. The van der Waals surface area contributed by atoms with Crippen molar-refractivity contribution in [3.63, 3.8) is 0 Å². The highest BCUT2D eigenvalue weighted by Gasteiger charge is 2.32. The minimum atomic E-state index is -0.353. The molecule has 1 aliphatic rings. The molecule has 4 rings (SSSR count). The van der Waals surface area contributed by atoms with Gasteiger partial charge in [-0.05, 0) is 17.7 Å². The molecule has 0 spiro atoms. The van der Waals surface area contributed by atoms with Gasteiger partial charge in [0.2, 0.25) is 11.6 Å². The normalized spacial score (nSPS) is 11.9. The molecule has 7 nitrogen and oxygen atoms in total. The molecule has 1 aromatic heterocycles. The number of fused-ring (bicyclic) bond motifs is 3. The lowest BCUT2D eigenvalue weighted by molar-refractivity contribution is 0.102. The standard InChI is InChI=1S/C24H21ClN4O3/c1-29(2)11-10-18(30)23-27-21-15-6-4-5-7-16(15)22(31)20(21)24(28-23)26-13-14-8-9-19(32-3)17(25)12-14/h4-12H,13H2,1-3H3,(H,26,27,28). The zero-order chi connectivity index (χ0) is 22.8. The molecule has 0 saturated carbocycles. The minimum absolute atomic E-state index is 0.0154. The molecular formula is C24H21ClN4O3. The highest BCUT2D eigenvalue weighted by atomic mass is 35.5. The van der Waals surface area contributed by atoms with E-state index in [2.05, 4.69) is 15.3 Å². The fourth-order valence-corrected chi connectivity index (χ4v) is 3.71. The molecule has 8 heteroatoms. The summed E-state index contributed by atoms with van der Waals surface area (Å²) in [5, 5.41) is 3.67. The number of ketones is 2. The lowest BCUT2D eigenvalue weighted by Crippen LogP contribution is -2.13. The number of methoxy groups -OCH3 is 1. The van der Waals surface area contributed by atoms with E-state index in [1.54, 1.807) is 42.5 Å². The van der Waals surface area contributed by atoms with Gasteiger partial charge in [0.05, 0.1) is 23.4 Å². The molecule has 0 radical (unpaired) electrons. The number of aromatic nitrogens is 2. The van der Waals surface area contributed by atoms with Crippen LogP contribution < -0.4 is 10.1 Å². The second-order valence-electron chi connectivity index (χ2n) is 7.46. The van der Waals surface area contributed by atoms with E-state index < -0.39 is 0 Å². The van der Waals surface area contributed by atoms with Crippen LogP contribution >= 0.6 is 11.6 Å². The van der Waals surface area contributed by atoms with E-state index in [0.29, 0.717) is 45.5 Å². The largest absolute Gasteiger partial charge is 0.495 e. The van der Waals surface area contributed by atoms with Crippen molar-refractivity contribution in [2.24, 2.45) is 0 Å². The van der Waals surface area contributed by atoms with Gasteiger partial charge in [-0.3, -0.25) is 9.59 Å². The van der Waals surface area contributed by atoms with Gasteiger partial charge in [0.25, 0.3) is 0 Å². The van der Waals surface area contributed by atoms with Crippen molar-refractivity contribution < 1.29 is 14.3 Å². The number of carbonyl (C=O) groups excluding carboxylic acids is 2. The Morgan fingerprint density at radius 1 is 1.16 bits per heavy atom. The van der Waals surface area contributed by atoms with Crippen molar-refractivity contribution in [3.8, 4) is 17.0 Å². The molecule has 0 fully saturated rings. The van der Waals surface area contributed by atoms with Crippen LogP contribution in [0.2, 0.25) is 5.02 Å². The van der Waals surface area contributed by atoms with E-state index in [1.807, 2.05) is 32.3 Å². The number of carbonyl (C=O) groups is 2. The second kappa shape index (κ2) is 8.80. The van der Waals surface area contributed by atoms with Crippen molar-refractivity contribution in [2.45, 2.75) is 6.54 Å². The van der Waals surface area contributed by atoms with Gasteiger partial charge in [0, 0.05) is 44.0 Å². The fraction of sp³-hybridized carbons (Fsp3) is 0.167. The van der Waals surface area contributed by atoms with Crippen LogP contribution in [0, 0.1) is 0 Å². The topological polar surface area (TPSA) is 84.4 Å². The number of nitrogens with zero attached hydrogens (tertiary/aromatic N) is 3. The van der Waals surface area contributed by atoms with Gasteiger partial charge in [-0.15, -0.1) is 0 Å². The van der Waals surface area contributed by atoms with Crippen molar-refractivity contribution in [2.75, 3.05) is 26.5 Å². The van der Waals surface area contributed by atoms with Crippen LogP contribution in [-0.4, -0.2) is 47.6 Å². The highest BCUT2D eigenvalue weighted by molar-refractivity contribution is 6.32. The van der Waals surface area contributed by atoms with E-state index >= 15 is 0 Å². The van der Waals surface area contributed by atoms with Crippen LogP contribution in [-0.2, 0) is 6.54 Å². The van der Waals surface area contributed by atoms with Crippen LogP contribution in [0.15, 0.2) is 54.7 Å². The molecule has 0 amide bonds. The third-order valence-corrected chi connectivity index (χ3v) is 5.28. The van der Waals surface area contributed by atoms with Gasteiger partial charge in [-0.25, -0.2) is 9.97 Å². The third kappa shape index (κ3) is 4.07. The molecule has 2 aromatic carbocycles. The van der Waals surface area contributed by atoms with Gasteiger partial charge in [-0.1, -0.05) is 41.9 Å². The number of hydrogen-bond acceptors (Lipinski definition) is 7. The number of halogens is 1. The van der Waals surface area contributed by atoms with E-state index in [1.165, 1.54) is 6.08 Å². The summed E-state index contributed by atoms with van der Waals surface area (Å²) >= 11 is 6.23. The lowest BCUT2D eigenvalue weighted by atomic mass is 10.1. The molecule has 0 atom stereocenters. The maximum absolute atomic E-state index is 13.1. The predicted molar refractivity (Wildman–Crippen MR) is 123 cm³/mol. The lowest BCUT2D eigenvalue weighted by Gasteiger charge is -2.12. The number of nitrogens with one attached hydrogen (secondary N) is 1. The summed E-state index contributed by atoms with van der Waals surface area (Å²) in [6, 6.07) is 12.6. The summed E-state index contributed by atoms with van der Waals surface area (Å²) < 4.78 is 5.19. The Morgan fingerprint density at radius 3 is 2.59 bits per heavy atom. The number of ether oxygens (including phenoxy) is 1. The zero-order valence-corrected chi connectivity index (χ0v) is 18.6. The van der Waals surface area contributed by atoms with Crippen LogP contribution in [0.3, 0.4) is 0 Å². The van der Waals surface area contributed by atoms with Crippen molar-refractivity contribution in [1.82, 2.24) is 14.9 Å². The molecule has 0 saturated heterocycles. The Morgan fingerprint density at radius 2 is 1.91 bits per heavy atom. The SMILES string of the molecule is COc1ccc(CNc2nc(C(=O)C=CN(C)C)nc3c2C(=O)c2ccccc2-3)cc1Cl. The predicted octanol–water partition coefficient (Wildman–Crippen LogP) is 4.22. The molecule has 0 bridgehead atoms. The molecule has 1 aliphatic carbocycles. The van der Waals surface area contributed by atoms with Crippen LogP contribution in [0.25, 0.3) is 11.3 Å². The van der Waals surface area contributed by atoms with E-state index in [0.717, 1.165) is 5.56 Å². The molecular weight excluding hydrogens is 428 g/mol. The Balaban J connectivity index is 1.74. The van der Waals surface area contributed by atoms with E-state index in [-0.39, 0.29) is 17.4 Å². The monoisotopic (exact) mass is 448 g/mol. The number of benzene rings is 2. The summed E-state index contributed by atoms with van der Waals surface area (Å²) in [5.74, 6) is 0.374. The van der Waals surface area contributed by atoms with E-state index in [4.69, 9.17) is 16.3 Å². The molecule has 1 heterocycles. The maximum Gasteiger partial charge on any atom is 0.224 e. The maximum atomic E-state index is 13.1. The Bertz CT molecular complexity index is 1250. The van der Waals surface area contributed by atoms with Gasteiger partial charge in [0.1, 0.15) is 11.6 Å². The number of hydrogen-bond donors (Lipinski definition) is 1. The quantitative estimate of drug-likeness (QED) is 0.334. The Kier molecular flexibility index (Phi) is 5.92. The summed E-state index contributed by atoms with van der Waals surface area (Å²) in [6.45, 7) is 0.345. The summed E-state index contributed by atoms with van der Waals surface area (Å²) in [6.07, 6.45) is 3.03. The number of rotatable bonds is 7. The Hall–Kier alpha value is -3.71. The number of allylic oxidation sites excluding steroid dienone is 1. The zero-order valence-electron chi connectivity index (χ0n) is 17.8. The number of anilines is 1. The van der Waals surface area contributed by atoms with Crippen LogP contribution in [0.5, 0.6) is 5.75 Å².